The van der Waals surface area contributed by atoms with Gasteiger partial charge in [-0.1, -0.05) is 0 Å². The SMILES string of the molecule is C1=C[N]C2=CN=CNC2=C1. The van der Waals surface area contributed by atoms with Gasteiger partial charge in [0.1, 0.15) is 5.70 Å². The van der Waals surface area contributed by atoms with Gasteiger partial charge in [0.05, 0.1) is 18.2 Å². The van der Waals surface area contributed by atoms with Crippen molar-refractivity contribution in [2.45, 2.75) is 0 Å². The summed E-state index contributed by atoms with van der Waals surface area (Å²) in [5, 5.41) is 7.06. The van der Waals surface area contributed by atoms with Crippen LogP contribution < -0.4 is 10.6 Å². The van der Waals surface area contributed by atoms with Gasteiger partial charge in [-0.25, -0.2) is 4.99 Å². The molecule has 0 fully saturated rings. The van der Waals surface area contributed by atoms with Crippen LogP contribution in [-0.2, 0) is 0 Å². The third-order valence-electron chi connectivity index (χ3n) is 1.33. The quantitative estimate of drug-likeness (QED) is 0.511. The molecule has 0 bridgehead atoms. The van der Waals surface area contributed by atoms with Crippen LogP contribution in [0.15, 0.2) is 40.9 Å². The largest absolute Gasteiger partial charge is 0.345 e. The number of rotatable bonds is 0. The highest BCUT2D eigenvalue weighted by Crippen LogP contribution is 2.10. The van der Waals surface area contributed by atoms with Gasteiger partial charge in [-0.3, -0.25) is 5.32 Å². The van der Waals surface area contributed by atoms with E-state index >= 15 is 0 Å². The van der Waals surface area contributed by atoms with Crippen molar-refractivity contribution in [1.29, 1.82) is 0 Å². The minimum atomic E-state index is 0.894. The average Bonchev–Trinajstić information content (AvgIpc) is 2.05. The van der Waals surface area contributed by atoms with Gasteiger partial charge in [-0.15, -0.1) is 0 Å². The molecule has 1 N–H and O–H groups in total. The fourth-order valence-electron chi connectivity index (χ4n) is 0.857. The molecule has 10 heavy (non-hydrogen) atoms. The first-order chi connectivity index (χ1) is 4.97. The standard InChI is InChI=1S/C7H6N3/c1-2-6-7(9-3-1)4-8-5-10-6/h1-5H,(H,8,10). The molecule has 2 aliphatic rings. The second kappa shape index (κ2) is 2.02. The van der Waals surface area contributed by atoms with Gasteiger partial charge in [-0.2, -0.15) is 0 Å². The van der Waals surface area contributed by atoms with E-state index in [4.69, 9.17) is 0 Å². The third kappa shape index (κ3) is 0.719. The van der Waals surface area contributed by atoms with E-state index in [0.717, 1.165) is 11.4 Å². The summed E-state index contributed by atoms with van der Waals surface area (Å²) in [5.74, 6) is 0. The lowest BCUT2D eigenvalue weighted by atomic mass is 10.2. The van der Waals surface area contributed by atoms with Crippen LogP contribution >= 0.6 is 0 Å². The predicted octanol–water partition coefficient (Wildman–Crippen LogP) is 0.475. The highest BCUT2D eigenvalue weighted by atomic mass is 15.0. The van der Waals surface area contributed by atoms with Gasteiger partial charge in [0, 0.05) is 6.20 Å². The zero-order valence-electron chi connectivity index (χ0n) is 5.28. The summed E-state index contributed by atoms with van der Waals surface area (Å²) < 4.78 is 0. The lowest BCUT2D eigenvalue weighted by molar-refractivity contribution is 0.951. The summed E-state index contributed by atoms with van der Waals surface area (Å²) in [4.78, 5) is 3.89. The van der Waals surface area contributed by atoms with Crippen molar-refractivity contribution in [3.8, 4) is 0 Å². The van der Waals surface area contributed by atoms with E-state index in [1.54, 1.807) is 18.7 Å². The Balaban J connectivity index is 2.38. The molecule has 0 unspecified atom stereocenters. The van der Waals surface area contributed by atoms with Crippen LogP contribution in [0, 0.1) is 0 Å². The average molecular weight is 132 g/mol. The Kier molecular flexibility index (Phi) is 1.07. The first-order valence-electron chi connectivity index (χ1n) is 3.03. The monoisotopic (exact) mass is 132 g/mol. The molecule has 3 heteroatoms. The molecule has 0 aromatic carbocycles. The summed E-state index contributed by atoms with van der Waals surface area (Å²) in [5.41, 5.74) is 1.91. The van der Waals surface area contributed by atoms with Gasteiger partial charge in [-0.05, 0) is 12.2 Å². The lowest BCUT2D eigenvalue weighted by Crippen LogP contribution is -2.20. The Morgan fingerprint density at radius 3 is 3.30 bits per heavy atom. The molecule has 2 rings (SSSR count). The number of allylic oxidation sites excluding steroid dienone is 2. The van der Waals surface area contributed by atoms with Crippen molar-refractivity contribution in [1.82, 2.24) is 10.6 Å². The Hall–Kier alpha value is -1.51. The first kappa shape index (κ1) is 5.29. The molecule has 3 nitrogen and oxygen atoms in total. The molecular weight excluding hydrogens is 126 g/mol. The molecular formula is C7H6N3. The minimum Gasteiger partial charge on any atom is -0.345 e. The fraction of sp³-hybridized carbons (Fsp3) is 0. The molecule has 0 aliphatic carbocycles. The zero-order chi connectivity index (χ0) is 6.81. The van der Waals surface area contributed by atoms with E-state index < -0.39 is 0 Å². The van der Waals surface area contributed by atoms with E-state index in [1.165, 1.54) is 0 Å². The van der Waals surface area contributed by atoms with E-state index in [9.17, 15) is 0 Å². The molecule has 0 spiro atoms. The summed E-state index contributed by atoms with van der Waals surface area (Å²) >= 11 is 0. The van der Waals surface area contributed by atoms with Gasteiger partial charge >= 0.3 is 0 Å². The number of nitrogens with one attached hydrogen (secondary N) is 1. The van der Waals surface area contributed by atoms with Crippen LogP contribution in [0.1, 0.15) is 0 Å². The third-order valence-corrected chi connectivity index (χ3v) is 1.33. The van der Waals surface area contributed by atoms with Crippen LogP contribution in [0.5, 0.6) is 0 Å². The Morgan fingerprint density at radius 1 is 1.40 bits per heavy atom. The summed E-state index contributed by atoms with van der Waals surface area (Å²) in [6, 6.07) is 0. The van der Waals surface area contributed by atoms with Gasteiger partial charge in [0.15, 0.2) is 0 Å². The Labute approximate surface area is 58.8 Å². The highest BCUT2D eigenvalue weighted by Gasteiger charge is 2.07. The number of fused-ring (bicyclic) bond motifs is 1. The Bertz CT molecular complexity index is 230. The summed E-state index contributed by atoms with van der Waals surface area (Å²) in [6.07, 6.45) is 8.97. The maximum atomic E-state index is 4.09. The molecule has 0 saturated heterocycles. The predicted molar refractivity (Wildman–Crippen MR) is 39.1 cm³/mol. The van der Waals surface area contributed by atoms with Crippen molar-refractivity contribution >= 4 is 6.34 Å². The van der Waals surface area contributed by atoms with Crippen molar-refractivity contribution < 1.29 is 0 Å². The van der Waals surface area contributed by atoms with Crippen molar-refractivity contribution in [2.24, 2.45) is 4.99 Å². The highest BCUT2D eigenvalue weighted by molar-refractivity contribution is 5.64. The maximum Gasteiger partial charge on any atom is 0.105 e. The van der Waals surface area contributed by atoms with E-state index in [2.05, 4.69) is 15.6 Å². The van der Waals surface area contributed by atoms with Crippen LogP contribution in [-0.4, -0.2) is 6.34 Å². The van der Waals surface area contributed by atoms with E-state index in [-0.39, 0.29) is 0 Å². The number of aliphatic imine (C=N–C) groups is 1. The van der Waals surface area contributed by atoms with Crippen LogP contribution in [0.25, 0.3) is 0 Å². The molecule has 49 valence electrons. The Morgan fingerprint density at radius 2 is 2.40 bits per heavy atom. The van der Waals surface area contributed by atoms with Crippen molar-refractivity contribution in [2.75, 3.05) is 0 Å². The second-order valence-corrected chi connectivity index (χ2v) is 1.99. The van der Waals surface area contributed by atoms with Crippen LogP contribution in [0.3, 0.4) is 0 Å². The summed E-state index contributed by atoms with van der Waals surface area (Å²) in [7, 11) is 0. The number of hydrogen-bond donors (Lipinski definition) is 1. The van der Waals surface area contributed by atoms with Gasteiger partial charge < -0.3 is 5.32 Å². The molecule has 2 aliphatic heterocycles. The van der Waals surface area contributed by atoms with Gasteiger partial charge in [0.25, 0.3) is 0 Å². The fourth-order valence-corrected chi connectivity index (χ4v) is 0.857. The van der Waals surface area contributed by atoms with E-state index in [0.29, 0.717) is 0 Å². The number of nitrogens with zero attached hydrogens (tertiary/aromatic N) is 2. The molecule has 0 aromatic rings. The van der Waals surface area contributed by atoms with Crippen molar-refractivity contribution in [3.05, 3.63) is 35.9 Å². The number of hydrogen-bond acceptors (Lipinski definition) is 2. The lowest BCUT2D eigenvalue weighted by Gasteiger charge is -2.13. The topological polar surface area (TPSA) is 38.5 Å². The smallest absolute Gasteiger partial charge is 0.105 e. The van der Waals surface area contributed by atoms with Crippen LogP contribution in [0.4, 0.5) is 0 Å². The second-order valence-electron chi connectivity index (χ2n) is 1.99. The minimum absolute atomic E-state index is 0.894. The van der Waals surface area contributed by atoms with Gasteiger partial charge in [0.2, 0.25) is 0 Å². The molecule has 0 saturated carbocycles. The molecule has 0 amide bonds. The van der Waals surface area contributed by atoms with Crippen molar-refractivity contribution in [3.63, 3.8) is 0 Å². The molecule has 2 heterocycles. The normalized spacial score (nSPS) is 20.0. The summed E-state index contributed by atoms with van der Waals surface area (Å²) in [6.45, 7) is 0. The zero-order valence-corrected chi connectivity index (χ0v) is 5.28. The maximum absolute atomic E-state index is 4.09. The molecule has 0 aromatic heterocycles. The molecule has 1 radical (unpaired) electrons. The first-order valence-corrected chi connectivity index (χ1v) is 3.03. The molecule has 0 atom stereocenters. The van der Waals surface area contributed by atoms with E-state index in [1.807, 2.05) is 12.2 Å². The van der Waals surface area contributed by atoms with Crippen LogP contribution in [0.2, 0.25) is 0 Å².